The second-order valence-corrected chi connectivity index (χ2v) is 4.80. The molecule has 2 fully saturated rings. The summed E-state index contributed by atoms with van der Waals surface area (Å²) in [5, 5.41) is 3.46. The molecule has 2 heterocycles. The summed E-state index contributed by atoms with van der Waals surface area (Å²) in [5.41, 5.74) is 0. The van der Waals surface area contributed by atoms with Crippen LogP contribution in [0.1, 0.15) is 19.3 Å². The molecule has 3 rings (SSSR count). The number of anilines is 1. The number of likely N-dealkylation sites (tertiary alicyclic amines) is 1. The summed E-state index contributed by atoms with van der Waals surface area (Å²) >= 11 is 0. The average Bonchev–Trinajstić information content (AvgIpc) is 3.11. The monoisotopic (exact) mass is 234 g/mol. The molecule has 1 aliphatic heterocycles. The molecule has 1 aromatic heterocycles. The van der Waals surface area contributed by atoms with Crippen LogP contribution in [0.25, 0.3) is 0 Å². The summed E-state index contributed by atoms with van der Waals surface area (Å²) in [4.78, 5) is 10.8. The van der Waals surface area contributed by atoms with E-state index < -0.39 is 0 Å². The van der Waals surface area contributed by atoms with Gasteiger partial charge in [-0.25, -0.2) is 9.97 Å². The molecule has 17 heavy (non-hydrogen) atoms. The van der Waals surface area contributed by atoms with E-state index in [1.165, 1.54) is 32.1 Å². The molecule has 92 valence electrons. The molecule has 0 amide bonds. The second-order valence-electron chi connectivity index (χ2n) is 4.80. The Hall–Kier alpha value is -1.36. The number of aromatic nitrogens is 2. The second kappa shape index (κ2) is 4.49. The molecule has 0 spiro atoms. The number of nitrogens with one attached hydrogen (secondary N) is 1. The molecule has 1 saturated heterocycles. The normalized spacial score (nSPS) is 24.9. The summed E-state index contributed by atoms with van der Waals surface area (Å²) < 4.78 is 5.09. The van der Waals surface area contributed by atoms with Crippen LogP contribution in [-0.4, -0.2) is 47.2 Å². The maximum atomic E-state index is 5.09. The lowest BCUT2D eigenvalue weighted by atomic mass is 10.2. The molecule has 0 aromatic carbocycles. The van der Waals surface area contributed by atoms with E-state index in [0.29, 0.717) is 11.9 Å². The van der Waals surface area contributed by atoms with Crippen LogP contribution in [0.3, 0.4) is 0 Å². The van der Waals surface area contributed by atoms with E-state index in [9.17, 15) is 0 Å². The predicted octanol–water partition coefficient (Wildman–Crippen LogP) is 1.13. The van der Waals surface area contributed by atoms with Crippen molar-refractivity contribution in [3.63, 3.8) is 0 Å². The fraction of sp³-hybridized carbons (Fsp3) is 0.667. The Bertz CT molecular complexity index is 394. The number of methoxy groups -OCH3 is 1. The molecule has 5 heteroatoms. The Balaban J connectivity index is 1.59. The molecule has 1 unspecified atom stereocenters. The van der Waals surface area contributed by atoms with E-state index in [1.54, 1.807) is 7.11 Å². The zero-order valence-corrected chi connectivity index (χ0v) is 10.1. The van der Waals surface area contributed by atoms with Gasteiger partial charge in [0.05, 0.1) is 7.11 Å². The van der Waals surface area contributed by atoms with Gasteiger partial charge in [0.1, 0.15) is 12.1 Å². The van der Waals surface area contributed by atoms with Crippen LogP contribution < -0.4 is 10.1 Å². The summed E-state index contributed by atoms with van der Waals surface area (Å²) in [6.07, 6.45) is 5.50. The predicted molar refractivity (Wildman–Crippen MR) is 65.2 cm³/mol. The Morgan fingerprint density at radius 1 is 1.35 bits per heavy atom. The van der Waals surface area contributed by atoms with E-state index in [0.717, 1.165) is 18.4 Å². The Morgan fingerprint density at radius 3 is 3.00 bits per heavy atom. The lowest BCUT2D eigenvalue weighted by molar-refractivity contribution is 0.326. The van der Waals surface area contributed by atoms with Crippen LogP contribution in [0.4, 0.5) is 5.82 Å². The molecule has 1 aliphatic carbocycles. The highest BCUT2D eigenvalue weighted by Gasteiger charge is 2.34. The third-order valence-electron chi connectivity index (χ3n) is 3.49. The van der Waals surface area contributed by atoms with E-state index in [2.05, 4.69) is 20.2 Å². The van der Waals surface area contributed by atoms with Crippen molar-refractivity contribution < 1.29 is 4.74 Å². The van der Waals surface area contributed by atoms with Crippen molar-refractivity contribution in [3.8, 4) is 5.88 Å². The van der Waals surface area contributed by atoms with Crippen molar-refractivity contribution in [2.75, 3.05) is 25.5 Å². The number of rotatable bonds is 4. The molecule has 2 aliphatic rings. The third-order valence-corrected chi connectivity index (χ3v) is 3.49. The van der Waals surface area contributed by atoms with E-state index in [4.69, 9.17) is 4.74 Å². The number of hydrogen-bond acceptors (Lipinski definition) is 5. The first-order valence-corrected chi connectivity index (χ1v) is 6.22. The highest BCUT2D eigenvalue weighted by atomic mass is 16.5. The maximum absolute atomic E-state index is 5.09. The van der Waals surface area contributed by atoms with Crippen LogP contribution in [-0.2, 0) is 0 Å². The van der Waals surface area contributed by atoms with E-state index in [-0.39, 0.29) is 0 Å². The molecular formula is C12H18N4O. The van der Waals surface area contributed by atoms with Crippen LogP contribution in [0, 0.1) is 0 Å². The molecular weight excluding hydrogens is 216 g/mol. The Kier molecular flexibility index (Phi) is 2.84. The number of ether oxygens (including phenoxy) is 1. The highest BCUT2D eigenvalue weighted by molar-refractivity contribution is 5.38. The van der Waals surface area contributed by atoms with Gasteiger partial charge in [-0.05, 0) is 19.3 Å². The molecule has 0 bridgehead atoms. The van der Waals surface area contributed by atoms with Crippen LogP contribution in [0.15, 0.2) is 12.4 Å². The van der Waals surface area contributed by atoms with Gasteiger partial charge >= 0.3 is 0 Å². The highest BCUT2D eigenvalue weighted by Crippen LogP contribution is 2.30. The van der Waals surface area contributed by atoms with Crippen molar-refractivity contribution in [1.29, 1.82) is 0 Å². The zero-order valence-electron chi connectivity index (χ0n) is 10.1. The summed E-state index contributed by atoms with van der Waals surface area (Å²) in [6, 6.07) is 3.22. The lowest BCUT2D eigenvalue weighted by Gasteiger charge is -2.16. The molecule has 1 aromatic rings. The SMILES string of the molecule is COc1cc(NC2CCN(C3CC3)C2)ncn1. The van der Waals surface area contributed by atoms with Gasteiger partial charge in [-0.2, -0.15) is 0 Å². The zero-order chi connectivity index (χ0) is 11.7. The van der Waals surface area contributed by atoms with Gasteiger partial charge in [0.25, 0.3) is 0 Å². The molecule has 0 radical (unpaired) electrons. The minimum Gasteiger partial charge on any atom is -0.481 e. The lowest BCUT2D eigenvalue weighted by Crippen LogP contribution is -2.28. The van der Waals surface area contributed by atoms with E-state index >= 15 is 0 Å². The van der Waals surface area contributed by atoms with E-state index in [1.807, 2.05) is 6.07 Å². The van der Waals surface area contributed by atoms with Gasteiger partial charge in [0.2, 0.25) is 5.88 Å². The maximum Gasteiger partial charge on any atom is 0.218 e. The average molecular weight is 234 g/mol. The molecule has 5 nitrogen and oxygen atoms in total. The van der Waals surface area contributed by atoms with Crippen LogP contribution in [0.5, 0.6) is 5.88 Å². The van der Waals surface area contributed by atoms with Crippen molar-refractivity contribution in [2.24, 2.45) is 0 Å². The van der Waals surface area contributed by atoms with Crippen molar-refractivity contribution in [1.82, 2.24) is 14.9 Å². The smallest absolute Gasteiger partial charge is 0.218 e. The fourth-order valence-electron chi connectivity index (χ4n) is 2.42. The third kappa shape index (κ3) is 2.49. The van der Waals surface area contributed by atoms with Gasteiger partial charge in [-0.15, -0.1) is 0 Å². The van der Waals surface area contributed by atoms with Crippen LogP contribution >= 0.6 is 0 Å². The van der Waals surface area contributed by atoms with Gasteiger partial charge in [-0.1, -0.05) is 0 Å². The van der Waals surface area contributed by atoms with Gasteiger partial charge in [0, 0.05) is 31.2 Å². The number of hydrogen-bond donors (Lipinski definition) is 1. The summed E-state index contributed by atoms with van der Waals surface area (Å²) in [7, 11) is 1.62. The van der Waals surface area contributed by atoms with Crippen molar-refractivity contribution >= 4 is 5.82 Å². The van der Waals surface area contributed by atoms with Crippen molar-refractivity contribution in [2.45, 2.75) is 31.3 Å². The summed E-state index contributed by atoms with van der Waals surface area (Å²) in [5.74, 6) is 1.47. The van der Waals surface area contributed by atoms with Crippen molar-refractivity contribution in [3.05, 3.63) is 12.4 Å². The quantitative estimate of drug-likeness (QED) is 0.846. The Morgan fingerprint density at radius 2 is 2.24 bits per heavy atom. The fourth-order valence-corrected chi connectivity index (χ4v) is 2.42. The summed E-state index contributed by atoms with van der Waals surface area (Å²) in [6.45, 7) is 2.35. The van der Waals surface area contributed by atoms with Gasteiger partial charge in [-0.3, -0.25) is 4.90 Å². The minimum absolute atomic E-state index is 0.509. The molecule has 1 atom stereocenters. The standard InChI is InChI=1S/C12H18N4O/c1-17-12-6-11(13-8-14-12)15-9-4-5-16(7-9)10-2-3-10/h6,8-10H,2-5,7H2,1H3,(H,13,14,15). The van der Waals surface area contributed by atoms with Crippen LogP contribution in [0.2, 0.25) is 0 Å². The topological polar surface area (TPSA) is 50.3 Å². The molecule has 1 N–H and O–H groups in total. The largest absolute Gasteiger partial charge is 0.481 e. The molecule has 1 saturated carbocycles. The minimum atomic E-state index is 0.509. The van der Waals surface area contributed by atoms with Gasteiger partial charge in [0.15, 0.2) is 0 Å². The first-order valence-electron chi connectivity index (χ1n) is 6.22. The van der Waals surface area contributed by atoms with Gasteiger partial charge < -0.3 is 10.1 Å². The first kappa shape index (κ1) is 10.8. The number of nitrogens with zero attached hydrogens (tertiary/aromatic N) is 3. The first-order chi connectivity index (χ1) is 8.35. The Labute approximate surface area is 101 Å².